The van der Waals surface area contributed by atoms with Crippen molar-refractivity contribution in [1.29, 1.82) is 5.26 Å². The molecule has 0 atom stereocenters. The zero-order valence-electron chi connectivity index (χ0n) is 19.9. The number of hydrogen-bond donors (Lipinski definition) is 1. The lowest BCUT2D eigenvalue weighted by Gasteiger charge is -2.56. The van der Waals surface area contributed by atoms with Crippen LogP contribution in [-0.4, -0.2) is 54.0 Å². The lowest BCUT2D eigenvalue weighted by molar-refractivity contribution is -0.165. The van der Waals surface area contributed by atoms with Crippen LogP contribution in [0, 0.1) is 23.1 Å². The second-order valence-electron chi connectivity index (χ2n) is 9.72. The average molecular weight is 530 g/mol. The first-order valence-electron chi connectivity index (χ1n) is 11.9. The highest BCUT2D eigenvalue weighted by molar-refractivity contribution is 6.10. The van der Waals surface area contributed by atoms with Gasteiger partial charge in [0.05, 0.1) is 42.1 Å². The maximum Gasteiger partial charge on any atom is 0.416 e. The number of benzene rings is 2. The van der Waals surface area contributed by atoms with Crippen molar-refractivity contribution in [3.63, 3.8) is 0 Å². The Morgan fingerprint density at radius 3 is 2.37 bits per heavy atom. The van der Waals surface area contributed by atoms with Gasteiger partial charge in [-0.1, -0.05) is 12.1 Å². The van der Waals surface area contributed by atoms with Gasteiger partial charge < -0.3 is 15.0 Å². The smallest absolute Gasteiger partial charge is 0.377 e. The monoisotopic (exact) mass is 530 g/mol. The van der Waals surface area contributed by atoms with E-state index in [1.54, 1.807) is 6.07 Å². The molecule has 2 aliphatic heterocycles. The summed E-state index contributed by atoms with van der Waals surface area (Å²) >= 11 is 0. The van der Waals surface area contributed by atoms with E-state index >= 15 is 0 Å². The van der Waals surface area contributed by atoms with Gasteiger partial charge in [-0.05, 0) is 48.7 Å². The molecule has 0 bridgehead atoms. The minimum Gasteiger partial charge on any atom is -0.377 e. The summed E-state index contributed by atoms with van der Waals surface area (Å²) in [6.07, 6.45) is -4.57. The van der Waals surface area contributed by atoms with Crippen LogP contribution in [0.3, 0.4) is 0 Å². The molecule has 0 unspecified atom stereocenters. The third-order valence-corrected chi connectivity index (χ3v) is 7.27. The largest absolute Gasteiger partial charge is 0.416 e. The van der Waals surface area contributed by atoms with Crippen LogP contribution in [0.5, 0.6) is 0 Å². The van der Waals surface area contributed by atoms with Crippen molar-refractivity contribution in [3.05, 3.63) is 65.0 Å². The number of alkyl halides is 3. The van der Waals surface area contributed by atoms with Crippen molar-refractivity contribution in [3.8, 4) is 6.07 Å². The Kier molecular flexibility index (Phi) is 6.35. The molecule has 12 heteroatoms. The fraction of sp³-hybridized carbons (Fsp3) is 0.385. The molecule has 3 fully saturated rings. The van der Waals surface area contributed by atoms with Gasteiger partial charge in [-0.25, -0.2) is 4.39 Å². The average Bonchev–Trinajstić information content (AvgIpc) is 2.82. The molecule has 5 rings (SSSR count). The van der Waals surface area contributed by atoms with Crippen LogP contribution < -0.4 is 10.2 Å². The predicted molar refractivity (Wildman–Crippen MR) is 124 cm³/mol. The van der Waals surface area contributed by atoms with E-state index in [2.05, 4.69) is 5.32 Å². The second-order valence-corrected chi connectivity index (χ2v) is 9.72. The summed E-state index contributed by atoms with van der Waals surface area (Å²) in [5.41, 5.74) is -2.08. The zero-order chi connectivity index (χ0) is 27.2. The highest BCUT2D eigenvalue weighted by Gasteiger charge is 2.61. The predicted octanol–water partition coefficient (Wildman–Crippen LogP) is 2.76. The Hall–Kier alpha value is -3.98. The molecule has 0 aromatic heterocycles. The molecular formula is C26H22F4N4O4. The fourth-order valence-electron chi connectivity index (χ4n) is 5.08. The summed E-state index contributed by atoms with van der Waals surface area (Å²) in [6, 6.07) is 9.48. The van der Waals surface area contributed by atoms with E-state index in [1.165, 1.54) is 29.2 Å². The standard InChI is InChI=1S/C26H22F4N4O4/c27-20-7-16(10-31)3-6-21(20)33-12-22(35)34(11-15-1-4-18(5-2-15)26(28,29)30)25(24(33)37)8-17(9-25)23(36)32-19-13-38-14-19/h1-7,17,19H,8-9,11-14H2,(H,32,36)/t17-,25+. The lowest BCUT2D eigenvalue weighted by atomic mass is 9.64. The molecule has 1 N–H and O–H groups in total. The SMILES string of the molecule is N#Cc1ccc(N2CC(=O)N(Cc3ccc(C(F)(F)F)cc3)[C@]3(C[C@@H](C(=O)NC4COC4)C3)C2=O)c(F)c1. The van der Waals surface area contributed by atoms with Crippen molar-refractivity contribution >= 4 is 23.4 Å². The van der Waals surface area contributed by atoms with Gasteiger partial charge in [-0.3, -0.25) is 19.3 Å². The van der Waals surface area contributed by atoms with E-state index in [9.17, 15) is 31.9 Å². The molecule has 2 heterocycles. The molecule has 2 aromatic rings. The third-order valence-electron chi connectivity index (χ3n) is 7.27. The first-order valence-corrected chi connectivity index (χ1v) is 11.9. The van der Waals surface area contributed by atoms with E-state index in [4.69, 9.17) is 10.00 Å². The Balaban J connectivity index is 1.43. The van der Waals surface area contributed by atoms with Crippen LogP contribution in [-0.2, 0) is 31.8 Å². The van der Waals surface area contributed by atoms with Crippen LogP contribution in [0.4, 0.5) is 23.2 Å². The third kappa shape index (κ3) is 4.47. The number of rotatable bonds is 5. The Labute approximate surface area is 214 Å². The van der Waals surface area contributed by atoms with E-state index in [0.29, 0.717) is 18.8 Å². The van der Waals surface area contributed by atoms with E-state index < -0.39 is 47.4 Å². The number of carbonyl (C=O) groups excluding carboxylic acids is 3. The number of ether oxygens (including phenoxy) is 1. The van der Waals surface area contributed by atoms with Gasteiger partial charge in [-0.15, -0.1) is 0 Å². The maximum atomic E-state index is 14.8. The molecule has 1 aliphatic carbocycles. The number of carbonyl (C=O) groups is 3. The zero-order valence-corrected chi connectivity index (χ0v) is 19.9. The quantitative estimate of drug-likeness (QED) is 0.599. The summed E-state index contributed by atoms with van der Waals surface area (Å²) in [4.78, 5) is 42.2. The number of amides is 3. The number of hydrogen-bond acceptors (Lipinski definition) is 5. The molecule has 8 nitrogen and oxygen atoms in total. The topological polar surface area (TPSA) is 103 Å². The molecule has 3 aliphatic rings. The summed E-state index contributed by atoms with van der Waals surface area (Å²) in [6.45, 7) is 0.108. The number of halogens is 4. The van der Waals surface area contributed by atoms with Crippen LogP contribution in [0.25, 0.3) is 0 Å². The van der Waals surface area contributed by atoms with Crippen molar-refractivity contribution in [2.24, 2.45) is 5.92 Å². The van der Waals surface area contributed by atoms with Crippen LogP contribution in [0.2, 0.25) is 0 Å². The van der Waals surface area contributed by atoms with Crippen LogP contribution in [0.1, 0.15) is 29.5 Å². The van der Waals surface area contributed by atoms with Gasteiger partial charge in [0.15, 0.2) is 0 Å². The number of nitrogens with one attached hydrogen (secondary N) is 1. The molecule has 198 valence electrons. The van der Waals surface area contributed by atoms with Gasteiger partial charge >= 0.3 is 6.18 Å². The first kappa shape index (κ1) is 25.7. The molecule has 38 heavy (non-hydrogen) atoms. The molecule has 3 amide bonds. The van der Waals surface area contributed by atoms with E-state index in [-0.39, 0.29) is 42.6 Å². The minimum absolute atomic E-state index is 0.0218. The van der Waals surface area contributed by atoms with Crippen LogP contribution >= 0.6 is 0 Å². The second kappa shape index (κ2) is 9.40. The van der Waals surface area contributed by atoms with Gasteiger partial charge in [-0.2, -0.15) is 18.4 Å². The summed E-state index contributed by atoms with van der Waals surface area (Å²) in [7, 11) is 0. The van der Waals surface area contributed by atoms with Gasteiger partial charge in [0, 0.05) is 12.5 Å². The number of nitriles is 1. The number of piperazine rings is 1. The van der Waals surface area contributed by atoms with Gasteiger partial charge in [0.25, 0.3) is 5.91 Å². The molecular weight excluding hydrogens is 508 g/mol. The molecule has 0 radical (unpaired) electrons. The van der Waals surface area contributed by atoms with E-state index in [0.717, 1.165) is 23.1 Å². The molecule has 2 saturated heterocycles. The Morgan fingerprint density at radius 1 is 1.13 bits per heavy atom. The first-order chi connectivity index (χ1) is 18.0. The normalized spacial score (nSPS) is 23.6. The molecule has 2 aromatic carbocycles. The number of nitrogens with zero attached hydrogens (tertiary/aromatic N) is 3. The fourth-order valence-corrected chi connectivity index (χ4v) is 5.08. The van der Waals surface area contributed by atoms with Crippen molar-refractivity contribution in [1.82, 2.24) is 10.2 Å². The Morgan fingerprint density at radius 2 is 1.82 bits per heavy atom. The summed E-state index contributed by atoms with van der Waals surface area (Å²) in [5.74, 6) is -2.87. The van der Waals surface area contributed by atoms with Crippen LogP contribution in [0.15, 0.2) is 42.5 Å². The van der Waals surface area contributed by atoms with E-state index in [1.807, 2.05) is 0 Å². The Bertz CT molecular complexity index is 1330. The maximum absolute atomic E-state index is 14.8. The van der Waals surface area contributed by atoms with Gasteiger partial charge in [0.1, 0.15) is 17.9 Å². The molecule has 1 spiro atoms. The van der Waals surface area contributed by atoms with Crippen molar-refractivity contribution < 1.29 is 36.7 Å². The summed E-state index contributed by atoms with van der Waals surface area (Å²) in [5, 5.41) is 11.9. The molecule has 1 saturated carbocycles. The summed E-state index contributed by atoms with van der Waals surface area (Å²) < 4.78 is 58.9. The highest BCUT2D eigenvalue weighted by Crippen LogP contribution is 2.48. The number of anilines is 1. The van der Waals surface area contributed by atoms with Crippen molar-refractivity contribution in [2.45, 2.75) is 37.1 Å². The lowest BCUT2D eigenvalue weighted by Crippen LogP contribution is -2.74. The minimum atomic E-state index is -4.53. The van der Waals surface area contributed by atoms with Gasteiger partial charge in [0.2, 0.25) is 11.8 Å². The highest BCUT2D eigenvalue weighted by atomic mass is 19.4. The van der Waals surface area contributed by atoms with Crippen molar-refractivity contribution in [2.75, 3.05) is 24.7 Å².